The van der Waals surface area contributed by atoms with Crippen molar-refractivity contribution in [3.05, 3.63) is 30.3 Å². The highest BCUT2D eigenvalue weighted by Crippen LogP contribution is 2.49. The minimum absolute atomic E-state index is 0.868. The first-order valence-corrected chi connectivity index (χ1v) is 5.38. The topological polar surface area (TPSA) is 0 Å². The predicted octanol–water partition coefficient (Wildman–Crippen LogP) is 3.43. The lowest BCUT2D eigenvalue weighted by Crippen LogP contribution is -1.78. The zero-order valence-electron chi connectivity index (χ0n) is 7.53. The molecule has 1 fully saturated rings. The molecule has 0 N–H and O–H groups in total. The molecule has 1 heteroatoms. The van der Waals surface area contributed by atoms with Crippen molar-refractivity contribution in [2.75, 3.05) is 0 Å². The van der Waals surface area contributed by atoms with Crippen molar-refractivity contribution < 1.29 is 0 Å². The highest BCUT2D eigenvalue weighted by molar-refractivity contribution is 8.00. The van der Waals surface area contributed by atoms with Gasteiger partial charge in [0.15, 0.2) is 0 Å². The lowest BCUT2D eigenvalue weighted by molar-refractivity contribution is 0.834. The van der Waals surface area contributed by atoms with Gasteiger partial charge in [0.2, 0.25) is 0 Å². The molecule has 12 heavy (non-hydrogen) atoms. The molecular weight excluding hydrogens is 164 g/mol. The average molecular weight is 178 g/mol. The quantitative estimate of drug-likeness (QED) is 0.668. The van der Waals surface area contributed by atoms with E-state index < -0.39 is 0 Å². The van der Waals surface area contributed by atoms with Gasteiger partial charge in [0.25, 0.3) is 0 Å². The summed E-state index contributed by atoms with van der Waals surface area (Å²) in [5, 5.41) is 0.868. The summed E-state index contributed by atoms with van der Waals surface area (Å²) in [4.78, 5) is 1.42. The number of hydrogen-bond acceptors (Lipinski definition) is 1. The molecular formula is C11H14S. The molecule has 0 aromatic heterocycles. The Morgan fingerprint density at radius 2 is 1.58 bits per heavy atom. The monoisotopic (exact) mass is 178 g/mol. The van der Waals surface area contributed by atoms with E-state index in [2.05, 4.69) is 44.2 Å². The fraction of sp³-hybridized carbons (Fsp3) is 0.455. The highest BCUT2D eigenvalue weighted by Gasteiger charge is 2.43. The van der Waals surface area contributed by atoms with Gasteiger partial charge >= 0.3 is 0 Å². The smallest absolute Gasteiger partial charge is 0.0151 e. The Balaban J connectivity index is 1.97. The second-order valence-corrected chi connectivity index (χ2v) is 4.87. The Labute approximate surface area is 78.4 Å². The molecule has 64 valence electrons. The lowest BCUT2D eigenvalue weighted by atomic mass is 10.4. The summed E-state index contributed by atoms with van der Waals surface area (Å²) in [7, 11) is 0. The van der Waals surface area contributed by atoms with Gasteiger partial charge in [-0.25, -0.2) is 0 Å². The summed E-state index contributed by atoms with van der Waals surface area (Å²) in [6.07, 6.45) is 0. The van der Waals surface area contributed by atoms with Crippen LogP contribution in [0.3, 0.4) is 0 Å². The van der Waals surface area contributed by atoms with E-state index in [0.29, 0.717) is 0 Å². The van der Waals surface area contributed by atoms with Crippen molar-refractivity contribution in [2.24, 2.45) is 11.8 Å². The van der Waals surface area contributed by atoms with Crippen LogP contribution >= 0.6 is 11.8 Å². The maximum atomic E-state index is 2.34. The Hall–Kier alpha value is -0.430. The van der Waals surface area contributed by atoms with Crippen molar-refractivity contribution in [3.63, 3.8) is 0 Å². The summed E-state index contributed by atoms with van der Waals surface area (Å²) in [6, 6.07) is 10.7. The Morgan fingerprint density at radius 3 is 2.08 bits per heavy atom. The van der Waals surface area contributed by atoms with Crippen molar-refractivity contribution in [2.45, 2.75) is 24.0 Å². The molecule has 0 saturated heterocycles. The van der Waals surface area contributed by atoms with Gasteiger partial charge in [-0.15, -0.1) is 11.8 Å². The van der Waals surface area contributed by atoms with Crippen molar-refractivity contribution in [1.29, 1.82) is 0 Å². The number of thioether (sulfide) groups is 1. The first kappa shape index (κ1) is 8.18. The van der Waals surface area contributed by atoms with Crippen LogP contribution in [0, 0.1) is 11.8 Å². The molecule has 2 atom stereocenters. The third kappa shape index (κ3) is 1.51. The molecule has 0 spiro atoms. The van der Waals surface area contributed by atoms with Gasteiger partial charge in [0, 0.05) is 10.1 Å². The van der Waals surface area contributed by atoms with Crippen LogP contribution in [0.25, 0.3) is 0 Å². The van der Waals surface area contributed by atoms with Crippen molar-refractivity contribution in [1.82, 2.24) is 0 Å². The summed E-state index contributed by atoms with van der Waals surface area (Å²) in [5.41, 5.74) is 0. The molecule has 1 aliphatic rings. The van der Waals surface area contributed by atoms with Gasteiger partial charge in [-0.05, 0) is 24.0 Å². The summed E-state index contributed by atoms with van der Waals surface area (Å²) < 4.78 is 0. The zero-order chi connectivity index (χ0) is 8.55. The third-order valence-corrected chi connectivity index (χ3v) is 4.42. The maximum absolute atomic E-state index is 2.34. The van der Waals surface area contributed by atoms with Gasteiger partial charge in [0.05, 0.1) is 0 Å². The van der Waals surface area contributed by atoms with Crippen LogP contribution in [0.15, 0.2) is 35.2 Å². The second kappa shape index (κ2) is 3.14. The Morgan fingerprint density at radius 1 is 1.00 bits per heavy atom. The maximum Gasteiger partial charge on any atom is 0.0151 e. The molecule has 0 radical (unpaired) electrons. The van der Waals surface area contributed by atoms with Crippen LogP contribution in [0.4, 0.5) is 0 Å². The summed E-state index contributed by atoms with van der Waals surface area (Å²) in [6.45, 7) is 4.68. The molecule has 0 heterocycles. The molecule has 1 aliphatic carbocycles. The van der Waals surface area contributed by atoms with E-state index in [1.807, 2.05) is 11.8 Å². The molecule has 1 aromatic carbocycles. The lowest BCUT2D eigenvalue weighted by Gasteiger charge is -1.97. The van der Waals surface area contributed by atoms with Crippen molar-refractivity contribution >= 4 is 11.8 Å². The van der Waals surface area contributed by atoms with E-state index in [0.717, 1.165) is 17.1 Å². The van der Waals surface area contributed by atoms with E-state index in [1.165, 1.54) is 4.90 Å². The SMILES string of the molecule is CC1C(C)C1Sc1ccccc1. The molecule has 0 aliphatic heterocycles. The molecule has 1 aromatic rings. The molecule has 0 bridgehead atoms. The van der Waals surface area contributed by atoms with Crippen LogP contribution in [0.1, 0.15) is 13.8 Å². The number of hydrogen-bond donors (Lipinski definition) is 0. The van der Waals surface area contributed by atoms with E-state index in [1.54, 1.807) is 0 Å². The van der Waals surface area contributed by atoms with Gasteiger partial charge in [-0.3, -0.25) is 0 Å². The largest absolute Gasteiger partial charge is 0.122 e. The van der Waals surface area contributed by atoms with Gasteiger partial charge in [0.1, 0.15) is 0 Å². The van der Waals surface area contributed by atoms with Crippen LogP contribution in [0.5, 0.6) is 0 Å². The normalized spacial score (nSPS) is 33.3. The second-order valence-electron chi connectivity index (χ2n) is 3.61. The Bertz CT molecular complexity index is 247. The minimum atomic E-state index is 0.868. The van der Waals surface area contributed by atoms with Gasteiger partial charge < -0.3 is 0 Å². The van der Waals surface area contributed by atoms with E-state index in [9.17, 15) is 0 Å². The minimum Gasteiger partial charge on any atom is -0.122 e. The Kier molecular flexibility index (Phi) is 2.14. The average Bonchev–Trinajstić information content (AvgIpc) is 2.65. The predicted molar refractivity (Wildman–Crippen MR) is 54.4 cm³/mol. The molecule has 0 nitrogen and oxygen atoms in total. The first-order chi connectivity index (χ1) is 5.79. The fourth-order valence-corrected chi connectivity index (χ4v) is 2.95. The van der Waals surface area contributed by atoms with Gasteiger partial charge in [-0.1, -0.05) is 32.0 Å². The highest BCUT2D eigenvalue weighted by atomic mass is 32.2. The zero-order valence-corrected chi connectivity index (χ0v) is 8.34. The first-order valence-electron chi connectivity index (χ1n) is 4.51. The molecule has 2 rings (SSSR count). The molecule has 2 unspecified atom stereocenters. The van der Waals surface area contributed by atoms with Crippen molar-refractivity contribution in [3.8, 4) is 0 Å². The van der Waals surface area contributed by atoms with Crippen LogP contribution < -0.4 is 0 Å². The van der Waals surface area contributed by atoms with E-state index in [-0.39, 0.29) is 0 Å². The summed E-state index contributed by atoms with van der Waals surface area (Å²) in [5.74, 6) is 1.82. The van der Waals surface area contributed by atoms with Crippen LogP contribution in [-0.4, -0.2) is 5.25 Å². The van der Waals surface area contributed by atoms with E-state index in [4.69, 9.17) is 0 Å². The van der Waals surface area contributed by atoms with E-state index >= 15 is 0 Å². The molecule has 1 saturated carbocycles. The standard InChI is InChI=1S/C11H14S/c1-8-9(2)11(8)12-10-6-4-3-5-7-10/h3-9,11H,1-2H3. The van der Waals surface area contributed by atoms with Crippen LogP contribution in [0.2, 0.25) is 0 Å². The summed E-state index contributed by atoms with van der Waals surface area (Å²) >= 11 is 2.03. The third-order valence-electron chi connectivity index (χ3n) is 2.74. The fourth-order valence-electron chi connectivity index (χ4n) is 1.49. The number of benzene rings is 1. The number of rotatable bonds is 2. The van der Waals surface area contributed by atoms with Gasteiger partial charge in [-0.2, -0.15) is 0 Å². The molecule has 0 amide bonds. The van der Waals surface area contributed by atoms with Crippen LogP contribution in [-0.2, 0) is 0 Å².